The third-order valence-corrected chi connectivity index (χ3v) is 2.95. The Kier molecular flexibility index (Phi) is 4.22. The molecule has 0 atom stereocenters. The molecular weight excluding hydrogens is 274 g/mol. The topological polar surface area (TPSA) is 90.0 Å². The summed E-state index contributed by atoms with van der Waals surface area (Å²) < 4.78 is 0. The van der Waals surface area contributed by atoms with Crippen LogP contribution in [0.4, 0.5) is 16.2 Å². The van der Waals surface area contributed by atoms with Gasteiger partial charge in [0.1, 0.15) is 13.1 Å². The van der Waals surface area contributed by atoms with Gasteiger partial charge in [0.2, 0.25) is 5.91 Å². The summed E-state index contributed by atoms with van der Waals surface area (Å²) in [4.78, 5) is 37.4. The molecule has 1 aliphatic rings. The Bertz CT molecular complexity index is 600. The molecule has 1 aromatic carbocycles. The van der Waals surface area contributed by atoms with Crippen molar-refractivity contribution in [3.63, 3.8) is 0 Å². The van der Waals surface area contributed by atoms with Crippen LogP contribution in [0.15, 0.2) is 36.9 Å². The fourth-order valence-corrected chi connectivity index (χ4v) is 2.10. The van der Waals surface area contributed by atoms with Crippen molar-refractivity contribution in [2.24, 2.45) is 0 Å². The van der Waals surface area contributed by atoms with E-state index in [1.165, 1.54) is 11.0 Å². The summed E-state index contributed by atoms with van der Waals surface area (Å²) in [6.45, 7) is 3.00. The summed E-state index contributed by atoms with van der Waals surface area (Å²) in [7, 11) is 0. The Hall–Kier alpha value is -2.83. The van der Waals surface area contributed by atoms with Crippen LogP contribution in [0.3, 0.4) is 0 Å². The number of carboxylic acid groups (broad SMARTS) is 1. The summed E-state index contributed by atoms with van der Waals surface area (Å²) in [6, 6.07) is 6.32. The van der Waals surface area contributed by atoms with E-state index in [0.29, 0.717) is 11.4 Å². The first-order valence-electron chi connectivity index (χ1n) is 6.31. The molecule has 3 amide bonds. The number of nitrogens with one attached hydrogen (secondary N) is 1. The van der Waals surface area contributed by atoms with E-state index in [9.17, 15) is 14.4 Å². The van der Waals surface area contributed by atoms with E-state index in [1.807, 2.05) is 0 Å². The lowest BCUT2D eigenvalue weighted by Crippen LogP contribution is -2.50. The van der Waals surface area contributed by atoms with Crippen molar-refractivity contribution in [2.75, 3.05) is 29.9 Å². The number of rotatable bonds is 4. The van der Waals surface area contributed by atoms with Crippen molar-refractivity contribution >= 4 is 29.3 Å². The molecule has 0 unspecified atom stereocenters. The van der Waals surface area contributed by atoms with Crippen LogP contribution >= 0.6 is 0 Å². The average molecular weight is 289 g/mol. The first-order valence-corrected chi connectivity index (χ1v) is 6.31. The zero-order valence-corrected chi connectivity index (χ0v) is 11.3. The Balaban J connectivity index is 2.31. The van der Waals surface area contributed by atoms with Gasteiger partial charge in [-0.15, -0.1) is 6.58 Å². The van der Waals surface area contributed by atoms with Gasteiger partial charge in [0, 0.05) is 6.54 Å². The van der Waals surface area contributed by atoms with Gasteiger partial charge in [-0.3, -0.25) is 14.5 Å². The van der Waals surface area contributed by atoms with E-state index in [2.05, 4.69) is 11.9 Å². The quantitative estimate of drug-likeness (QED) is 0.813. The number of carbonyl (C=O) groups excluding carboxylic acids is 2. The zero-order valence-electron chi connectivity index (χ0n) is 11.3. The molecule has 7 nitrogen and oxygen atoms in total. The molecule has 0 aliphatic carbocycles. The first kappa shape index (κ1) is 14.6. The second-order valence-corrected chi connectivity index (χ2v) is 4.50. The van der Waals surface area contributed by atoms with E-state index in [0.717, 1.165) is 4.90 Å². The highest BCUT2D eigenvalue weighted by atomic mass is 16.4. The van der Waals surface area contributed by atoms with Crippen LogP contribution < -0.4 is 10.2 Å². The predicted molar refractivity (Wildman–Crippen MR) is 77.2 cm³/mol. The second kappa shape index (κ2) is 6.08. The van der Waals surface area contributed by atoms with Gasteiger partial charge >= 0.3 is 12.0 Å². The molecule has 0 saturated carbocycles. The van der Waals surface area contributed by atoms with E-state index < -0.39 is 18.5 Å². The first-order chi connectivity index (χ1) is 10.0. The summed E-state index contributed by atoms with van der Waals surface area (Å²) in [6.07, 6.45) is 1.44. The number of carbonyl (C=O) groups is 3. The van der Waals surface area contributed by atoms with Crippen LogP contribution in [0.2, 0.25) is 0 Å². The smallest absolute Gasteiger partial charge is 0.325 e. The molecule has 2 rings (SSSR count). The largest absolute Gasteiger partial charge is 0.480 e. The number of para-hydroxylation sites is 2. The molecule has 0 fully saturated rings. The number of fused-ring (bicyclic) bond motifs is 1. The fourth-order valence-electron chi connectivity index (χ4n) is 2.10. The summed E-state index contributed by atoms with van der Waals surface area (Å²) in [5, 5.41) is 11.5. The second-order valence-electron chi connectivity index (χ2n) is 4.50. The van der Waals surface area contributed by atoms with Crippen LogP contribution in [-0.4, -0.2) is 47.5 Å². The van der Waals surface area contributed by atoms with Gasteiger partial charge in [-0.25, -0.2) is 4.79 Å². The summed E-state index contributed by atoms with van der Waals surface area (Å²) in [5.74, 6) is -1.45. The molecular formula is C14H15N3O4. The van der Waals surface area contributed by atoms with Crippen LogP contribution in [0, 0.1) is 0 Å². The SMILES string of the molecule is C=CCN(CC(=O)O)C(=O)N1CC(=O)Nc2ccccc21. The third kappa shape index (κ3) is 3.19. The Morgan fingerprint density at radius 1 is 1.43 bits per heavy atom. The van der Waals surface area contributed by atoms with Crippen LogP contribution in [0.5, 0.6) is 0 Å². The molecule has 1 heterocycles. The number of hydrogen-bond acceptors (Lipinski definition) is 3. The minimum Gasteiger partial charge on any atom is -0.480 e. The maximum absolute atomic E-state index is 12.5. The highest BCUT2D eigenvalue weighted by Crippen LogP contribution is 2.29. The molecule has 110 valence electrons. The Labute approximate surface area is 121 Å². The fraction of sp³-hybridized carbons (Fsp3) is 0.214. The highest BCUT2D eigenvalue weighted by Gasteiger charge is 2.30. The zero-order chi connectivity index (χ0) is 15.4. The van der Waals surface area contributed by atoms with Crippen molar-refractivity contribution in [3.8, 4) is 0 Å². The van der Waals surface area contributed by atoms with Gasteiger partial charge in [-0.05, 0) is 12.1 Å². The number of anilines is 2. The van der Waals surface area contributed by atoms with Crippen molar-refractivity contribution < 1.29 is 19.5 Å². The van der Waals surface area contributed by atoms with Crippen molar-refractivity contribution in [1.82, 2.24) is 4.90 Å². The summed E-state index contributed by atoms with van der Waals surface area (Å²) >= 11 is 0. The molecule has 0 aromatic heterocycles. The number of amides is 3. The molecule has 7 heteroatoms. The third-order valence-electron chi connectivity index (χ3n) is 2.95. The molecule has 21 heavy (non-hydrogen) atoms. The maximum atomic E-state index is 12.5. The molecule has 2 N–H and O–H groups in total. The van der Waals surface area contributed by atoms with Crippen LogP contribution in [0.25, 0.3) is 0 Å². The van der Waals surface area contributed by atoms with Crippen molar-refractivity contribution in [1.29, 1.82) is 0 Å². The molecule has 1 aromatic rings. The number of carboxylic acids is 1. The van der Waals surface area contributed by atoms with Gasteiger partial charge in [0.05, 0.1) is 11.4 Å². The Morgan fingerprint density at radius 2 is 2.14 bits per heavy atom. The minimum absolute atomic E-state index is 0.0887. The maximum Gasteiger partial charge on any atom is 0.325 e. The molecule has 0 radical (unpaired) electrons. The summed E-state index contributed by atoms with van der Waals surface area (Å²) in [5.41, 5.74) is 1.07. The average Bonchev–Trinajstić information content (AvgIpc) is 2.44. The highest BCUT2D eigenvalue weighted by molar-refractivity contribution is 6.09. The number of hydrogen-bond donors (Lipinski definition) is 2. The minimum atomic E-state index is -1.13. The number of aliphatic carboxylic acids is 1. The number of nitrogens with zero attached hydrogens (tertiary/aromatic N) is 2. The van der Waals surface area contributed by atoms with E-state index in [1.54, 1.807) is 24.3 Å². The molecule has 0 bridgehead atoms. The van der Waals surface area contributed by atoms with Gasteiger partial charge in [0.15, 0.2) is 0 Å². The lowest BCUT2D eigenvalue weighted by Gasteiger charge is -2.32. The van der Waals surface area contributed by atoms with Crippen LogP contribution in [-0.2, 0) is 9.59 Å². The monoisotopic (exact) mass is 289 g/mol. The number of benzene rings is 1. The van der Waals surface area contributed by atoms with Gasteiger partial charge in [0.25, 0.3) is 0 Å². The van der Waals surface area contributed by atoms with Gasteiger partial charge in [-0.1, -0.05) is 18.2 Å². The lowest BCUT2D eigenvalue weighted by atomic mass is 10.2. The number of urea groups is 1. The molecule has 0 spiro atoms. The van der Waals surface area contributed by atoms with E-state index in [-0.39, 0.29) is 19.0 Å². The molecule has 1 aliphatic heterocycles. The van der Waals surface area contributed by atoms with E-state index >= 15 is 0 Å². The van der Waals surface area contributed by atoms with Crippen LogP contribution in [0.1, 0.15) is 0 Å². The van der Waals surface area contributed by atoms with Gasteiger partial charge < -0.3 is 15.3 Å². The standard InChI is InChI=1S/C14H15N3O4/c1-2-7-16(9-13(19)20)14(21)17-8-12(18)15-10-5-3-4-6-11(10)17/h2-6H,1,7-9H2,(H,15,18)(H,19,20). The van der Waals surface area contributed by atoms with E-state index in [4.69, 9.17) is 5.11 Å². The van der Waals surface area contributed by atoms with Crippen molar-refractivity contribution in [2.45, 2.75) is 0 Å². The van der Waals surface area contributed by atoms with Gasteiger partial charge in [-0.2, -0.15) is 0 Å². The predicted octanol–water partition coefficient (Wildman–Crippen LogP) is 1.14. The van der Waals surface area contributed by atoms with Crippen molar-refractivity contribution in [3.05, 3.63) is 36.9 Å². The normalized spacial score (nSPS) is 13.1. The Morgan fingerprint density at radius 3 is 2.81 bits per heavy atom. The molecule has 0 saturated heterocycles. The lowest BCUT2D eigenvalue weighted by molar-refractivity contribution is -0.137.